The number of hydrogen-bond donors (Lipinski definition) is 1. The minimum absolute atomic E-state index is 0.00746. The highest BCUT2D eigenvalue weighted by molar-refractivity contribution is 7.18. The Balaban J connectivity index is 1.83. The summed E-state index contributed by atoms with van der Waals surface area (Å²) < 4.78 is 6.76. The molecule has 0 spiro atoms. The van der Waals surface area contributed by atoms with Gasteiger partial charge < -0.3 is 4.74 Å². The van der Waals surface area contributed by atoms with Gasteiger partial charge in [0.05, 0.1) is 18.2 Å². The van der Waals surface area contributed by atoms with Gasteiger partial charge in [-0.3, -0.25) is 14.5 Å². The quantitative estimate of drug-likeness (QED) is 0.716. The molecule has 0 aromatic carbocycles. The highest BCUT2D eigenvalue weighted by atomic mass is 32.1. The van der Waals surface area contributed by atoms with Crippen molar-refractivity contribution in [3.8, 4) is 0 Å². The second-order valence-corrected chi connectivity index (χ2v) is 7.40. The number of aromatic amines is 1. The SMILES string of the molecule is CCOC(=O)c1[nH]ncc1C=C1CCn2c1nc1sc(C)c(C)c1c2=O. The third-order valence-corrected chi connectivity index (χ3v) is 5.76. The number of ether oxygens (including phenoxy) is 1. The number of rotatable bonds is 3. The number of carbonyl (C=O) groups excluding carboxylic acids is 1. The van der Waals surface area contributed by atoms with Crippen LogP contribution in [0, 0.1) is 13.8 Å². The van der Waals surface area contributed by atoms with Gasteiger partial charge in [0.15, 0.2) is 5.69 Å². The molecular formula is C18H18N4O3S. The van der Waals surface area contributed by atoms with Gasteiger partial charge in [0.1, 0.15) is 10.7 Å². The average molecular weight is 370 g/mol. The van der Waals surface area contributed by atoms with Gasteiger partial charge in [0.2, 0.25) is 0 Å². The summed E-state index contributed by atoms with van der Waals surface area (Å²) in [6, 6.07) is 0. The van der Waals surface area contributed by atoms with Crippen molar-refractivity contribution in [1.29, 1.82) is 0 Å². The molecule has 0 amide bonds. The minimum Gasteiger partial charge on any atom is -0.461 e. The molecule has 4 heterocycles. The predicted octanol–water partition coefficient (Wildman–Crippen LogP) is 2.92. The van der Waals surface area contributed by atoms with Crippen LogP contribution in [0.5, 0.6) is 0 Å². The van der Waals surface area contributed by atoms with Gasteiger partial charge in [0, 0.05) is 17.0 Å². The Labute approximate surface area is 153 Å². The number of esters is 1. The fraction of sp³-hybridized carbons (Fsp3) is 0.333. The normalized spacial score (nSPS) is 15.0. The molecule has 0 saturated carbocycles. The van der Waals surface area contributed by atoms with Crippen LogP contribution in [0.2, 0.25) is 0 Å². The monoisotopic (exact) mass is 370 g/mol. The second-order valence-electron chi connectivity index (χ2n) is 6.20. The Hall–Kier alpha value is -2.74. The maximum atomic E-state index is 12.9. The molecule has 1 aliphatic rings. The third kappa shape index (κ3) is 2.48. The second kappa shape index (κ2) is 6.21. The number of allylic oxidation sites excluding steroid dienone is 1. The maximum absolute atomic E-state index is 12.9. The van der Waals surface area contributed by atoms with Crippen LogP contribution >= 0.6 is 11.3 Å². The Bertz CT molecular complexity index is 1120. The van der Waals surface area contributed by atoms with Crippen LogP contribution in [0.3, 0.4) is 0 Å². The number of nitrogens with zero attached hydrogens (tertiary/aromatic N) is 3. The van der Waals surface area contributed by atoms with Crippen molar-refractivity contribution < 1.29 is 9.53 Å². The number of H-pyrrole nitrogens is 1. The van der Waals surface area contributed by atoms with Crippen LogP contribution in [0.25, 0.3) is 21.9 Å². The lowest BCUT2D eigenvalue weighted by molar-refractivity contribution is 0.0519. The molecule has 7 nitrogen and oxygen atoms in total. The van der Waals surface area contributed by atoms with Crippen LogP contribution in [0.1, 0.15) is 45.7 Å². The molecule has 0 radical (unpaired) electrons. The van der Waals surface area contributed by atoms with Crippen LogP contribution in [0.4, 0.5) is 0 Å². The average Bonchev–Trinajstić information content (AvgIpc) is 3.29. The summed E-state index contributed by atoms with van der Waals surface area (Å²) in [5, 5.41) is 7.35. The van der Waals surface area contributed by atoms with Crippen LogP contribution in [0.15, 0.2) is 11.0 Å². The number of aryl methyl sites for hydroxylation is 2. The van der Waals surface area contributed by atoms with E-state index < -0.39 is 5.97 Å². The van der Waals surface area contributed by atoms with E-state index in [1.807, 2.05) is 19.9 Å². The van der Waals surface area contributed by atoms with Gasteiger partial charge in [-0.25, -0.2) is 9.78 Å². The summed E-state index contributed by atoms with van der Waals surface area (Å²) in [5.74, 6) is 0.222. The number of thiophene rings is 1. The van der Waals surface area contributed by atoms with E-state index in [2.05, 4.69) is 10.2 Å². The van der Waals surface area contributed by atoms with E-state index in [1.54, 1.807) is 17.7 Å². The molecule has 1 aliphatic heterocycles. The number of aromatic nitrogens is 4. The number of nitrogens with one attached hydrogen (secondary N) is 1. The number of fused-ring (bicyclic) bond motifs is 2. The fourth-order valence-electron chi connectivity index (χ4n) is 3.22. The van der Waals surface area contributed by atoms with E-state index in [4.69, 9.17) is 9.72 Å². The molecule has 26 heavy (non-hydrogen) atoms. The van der Waals surface area contributed by atoms with Crippen molar-refractivity contribution in [2.24, 2.45) is 0 Å². The summed E-state index contributed by atoms with van der Waals surface area (Å²) in [5.41, 5.74) is 2.88. The maximum Gasteiger partial charge on any atom is 0.356 e. The van der Waals surface area contributed by atoms with E-state index in [0.29, 0.717) is 42.0 Å². The van der Waals surface area contributed by atoms with E-state index in [1.165, 1.54) is 11.3 Å². The van der Waals surface area contributed by atoms with Crippen LogP contribution in [-0.4, -0.2) is 32.3 Å². The summed E-state index contributed by atoms with van der Waals surface area (Å²) >= 11 is 1.54. The van der Waals surface area contributed by atoms with Gasteiger partial charge in [-0.1, -0.05) is 0 Å². The van der Waals surface area contributed by atoms with Crippen molar-refractivity contribution in [2.45, 2.75) is 33.7 Å². The Morgan fingerprint density at radius 2 is 2.27 bits per heavy atom. The molecule has 0 bridgehead atoms. The Morgan fingerprint density at radius 1 is 1.46 bits per heavy atom. The van der Waals surface area contributed by atoms with Gasteiger partial charge in [-0.05, 0) is 44.4 Å². The van der Waals surface area contributed by atoms with Crippen molar-refractivity contribution in [3.63, 3.8) is 0 Å². The summed E-state index contributed by atoms with van der Waals surface area (Å²) in [7, 11) is 0. The molecule has 3 aromatic heterocycles. The van der Waals surface area contributed by atoms with Gasteiger partial charge in [0.25, 0.3) is 5.56 Å². The largest absolute Gasteiger partial charge is 0.461 e. The van der Waals surface area contributed by atoms with Crippen molar-refractivity contribution in [2.75, 3.05) is 6.61 Å². The molecule has 0 atom stereocenters. The molecule has 8 heteroatoms. The van der Waals surface area contributed by atoms with Gasteiger partial charge in [-0.15, -0.1) is 11.3 Å². The minimum atomic E-state index is -0.444. The third-order valence-electron chi connectivity index (χ3n) is 4.66. The van der Waals surface area contributed by atoms with Crippen LogP contribution < -0.4 is 5.56 Å². The lowest BCUT2D eigenvalue weighted by Gasteiger charge is -2.04. The van der Waals surface area contributed by atoms with E-state index >= 15 is 0 Å². The standard InChI is InChI=1S/C18H18N4O3S/c1-4-25-18(24)14-12(8-19-21-14)7-11-5-6-22-15(11)20-16-13(17(22)23)9(2)10(3)26-16/h7-8H,4-6H2,1-3H3,(H,19,21). The van der Waals surface area contributed by atoms with Gasteiger partial charge >= 0.3 is 5.97 Å². The lowest BCUT2D eigenvalue weighted by Crippen LogP contribution is -2.20. The zero-order chi connectivity index (χ0) is 18.4. The molecule has 0 fully saturated rings. The zero-order valence-corrected chi connectivity index (χ0v) is 15.6. The predicted molar refractivity (Wildman–Crippen MR) is 100 cm³/mol. The fourth-order valence-corrected chi connectivity index (χ4v) is 4.24. The first-order valence-corrected chi connectivity index (χ1v) is 9.24. The molecule has 1 N–H and O–H groups in total. The highest BCUT2D eigenvalue weighted by Crippen LogP contribution is 2.32. The summed E-state index contributed by atoms with van der Waals surface area (Å²) in [6.45, 7) is 6.61. The molecule has 134 valence electrons. The first-order valence-electron chi connectivity index (χ1n) is 8.43. The van der Waals surface area contributed by atoms with Crippen molar-refractivity contribution in [3.05, 3.63) is 44.1 Å². The molecule has 0 saturated heterocycles. The smallest absolute Gasteiger partial charge is 0.356 e. The van der Waals surface area contributed by atoms with Crippen LogP contribution in [-0.2, 0) is 11.3 Å². The van der Waals surface area contributed by atoms with E-state index in [9.17, 15) is 9.59 Å². The number of hydrogen-bond acceptors (Lipinski definition) is 6. The molecule has 0 unspecified atom stereocenters. The Morgan fingerprint density at radius 3 is 3.04 bits per heavy atom. The molecular weight excluding hydrogens is 352 g/mol. The summed E-state index contributed by atoms with van der Waals surface area (Å²) in [6.07, 6.45) is 4.13. The lowest BCUT2D eigenvalue weighted by atomic mass is 10.1. The molecule has 4 rings (SSSR count). The van der Waals surface area contributed by atoms with E-state index in [-0.39, 0.29) is 5.56 Å². The first kappa shape index (κ1) is 16.7. The topological polar surface area (TPSA) is 89.9 Å². The summed E-state index contributed by atoms with van der Waals surface area (Å²) in [4.78, 5) is 31.5. The molecule has 3 aromatic rings. The van der Waals surface area contributed by atoms with Crippen molar-refractivity contribution >= 4 is 39.2 Å². The zero-order valence-electron chi connectivity index (χ0n) is 14.8. The first-order chi connectivity index (χ1) is 12.5. The number of carbonyl (C=O) groups is 1. The highest BCUT2D eigenvalue weighted by Gasteiger charge is 2.24. The Kier molecular flexibility index (Phi) is 3.99. The van der Waals surface area contributed by atoms with E-state index in [0.717, 1.165) is 20.8 Å². The van der Waals surface area contributed by atoms with Gasteiger partial charge in [-0.2, -0.15) is 5.10 Å². The molecule has 0 aliphatic carbocycles. The van der Waals surface area contributed by atoms with Crippen molar-refractivity contribution in [1.82, 2.24) is 19.7 Å².